The van der Waals surface area contributed by atoms with Crippen LogP contribution in [0.2, 0.25) is 0 Å². The summed E-state index contributed by atoms with van der Waals surface area (Å²) in [5.41, 5.74) is 0.158. The molecule has 0 aromatic heterocycles. The van der Waals surface area contributed by atoms with Crippen molar-refractivity contribution in [2.24, 2.45) is 0 Å². The van der Waals surface area contributed by atoms with Gasteiger partial charge in [-0.25, -0.2) is 8.78 Å². The molecule has 3 aromatic rings. The molecule has 0 bridgehead atoms. The molecule has 0 aliphatic heterocycles. The monoisotopic (exact) mass is 602 g/mol. The molecule has 0 atom stereocenters. The molecule has 0 fully saturated rings. The minimum atomic E-state index is -3.76. The minimum absolute atomic E-state index is 0.0149. The van der Waals surface area contributed by atoms with Crippen molar-refractivity contribution in [1.29, 1.82) is 0 Å². The Morgan fingerprint density at radius 2 is 1.76 bits per heavy atom. The lowest BCUT2D eigenvalue weighted by Gasteiger charge is -2.17. The molecule has 8 nitrogen and oxygen atoms in total. The fourth-order valence-corrected chi connectivity index (χ4v) is 3.91. The third kappa shape index (κ3) is 6.12. The van der Waals surface area contributed by atoms with Crippen molar-refractivity contribution >= 4 is 55.8 Å². The zero-order chi connectivity index (χ0) is 25.0. The molecule has 34 heavy (non-hydrogen) atoms. The van der Waals surface area contributed by atoms with Crippen molar-refractivity contribution in [3.63, 3.8) is 0 Å². The average Bonchev–Trinajstić information content (AvgIpc) is 2.75. The first-order valence-corrected chi connectivity index (χ1v) is 12.3. The van der Waals surface area contributed by atoms with E-state index in [9.17, 15) is 22.0 Å². The number of ether oxygens (including phenoxy) is 1. The van der Waals surface area contributed by atoms with Gasteiger partial charge in [-0.15, -0.1) is 0 Å². The Balaban J connectivity index is 2.02. The number of carbonyl (C=O) groups excluding carboxylic acids is 1. The summed E-state index contributed by atoms with van der Waals surface area (Å²) in [7, 11) is 0.368. The predicted molar refractivity (Wildman–Crippen MR) is 135 cm³/mol. The SMILES string of the molecule is CNC(=O)c1c(Nc2ccc(I)cc2F)cc(F)cc1Oc1cccc(NS(=O)(=O)N(C)C)c1. The highest BCUT2D eigenvalue weighted by atomic mass is 127. The van der Waals surface area contributed by atoms with Gasteiger partial charge < -0.3 is 15.4 Å². The van der Waals surface area contributed by atoms with Crippen LogP contribution in [0, 0.1) is 15.2 Å². The van der Waals surface area contributed by atoms with Crippen LogP contribution in [-0.2, 0) is 10.2 Å². The highest BCUT2D eigenvalue weighted by Crippen LogP contribution is 2.35. The standard InChI is InChI=1S/C22H21F2IN4O4S/c1-26-22(30)21-19(27-18-8-7-14(25)11-17(18)24)9-13(23)10-20(21)33-16-6-4-5-15(12-16)28-34(31,32)29(2)3/h4-12,27-28H,1-3H3,(H,26,30). The minimum Gasteiger partial charge on any atom is -0.456 e. The Morgan fingerprint density at radius 1 is 1.03 bits per heavy atom. The second-order valence-corrected chi connectivity index (χ2v) is 10.3. The topological polar surface area (TPSA) is 99.8 Å². The lowest BCUT2D eigenvalue weighted by Crippen LogP contribution is -2.28. The summed E-state index contributed by atoms with van der Waals surface area (Å²) in [4.78, 5) is 12.7. The number of hydrogen-bond donors (Lipinski definition) is 3. The number of hydrogen-bond acceptors (Lipinski definition) is 5. The normalized spacial score (nSPS) is 11.3. The van der Waals surface area contributed by atoms with Crippen LogP contribution in [-0.4, -0.2) is 39.8 Å². The van der Waals surface area contributed by atoms with Gasteiger partial charge in [0.25, 0.3) is 5.91 Å². The summed E-state index contributed by atoms with van der Waals surface area (Å²) in [6, 6.07) is 12.4. The molecule has 1 amide bonds. The van der Waals surface area contributed by atoms with Crippen molar-refractivity contribution in [2.75, 3.05) is 31.2 Å². The van der Waals surface area contributed by atoms with Crippen molar-refractivity contribution < 1.29 is 26.7 Å². The Morgan fingerprint density at radius 3 is 2.41 bits per heavy atom. The van der Waals surface area contributed by atoms with Crippen LogP contribution in [0.1, 0.15) is 10.4 Å². The Bertz CT molecular complexity index is 1340. The zero-order valence-electron chi connectivity index (χ0n) is 18.3. The molecule has 3 N–H and O–H groups in total. The quantitative estimate of drug-likeness (QED) is 0.326. The molecular formula is C22H21F2IN4O4S. The van der Waals surface area contributed by atoms with Crippen LogP contribution in [0.3, 0.4) is 0 Å². The first kappa shape index (κ1) is 25.6. The summed E-state index contributed by atoms with van der Waals surface area (Å²) >= 11 is 1.96. The van der Waals surface area contributed by atoms with E-state index in [1.54, 1.807) is 6.07 Å². The molecular weight excluding hydrogens is 581 g/mol. The highest BCUT2D eigenvalue weighted by molar-refractivity contribution is 14.1. The fourth-order valence-electron chi connectivity index (χ4n) is 2.85. The molecule has 3 rings (SSSR count). The summed E-state index contributed by atoms with van der Waals surface area (Å²) in [5.74, 6) is -1.93. The van der Waals surface area contributed by atoms with E-state index in [1.165, 1.54) is 57.5 Å². The molecule has 0 aliphatic carbocycles. The van der Waals surface area contributed by atoms with E-state index >= 15 is 0 Å². The first-order valence-electron chi connectivity index (χ1n) is 9.76. The maximum Gasteiger partial charge on any atom is 0.301 e. The number of amides is 1. The third-order valence-electron chi connectivity index (χ3n) is 4.51. The lowest BCUT2D eigenvalue weighted by atomic mass is 10.1. The maximum atomic E-state index is 14.5. The number of rotatable bonds is 8. The number of nitrogens with zero attached hydrogens (tertiary/aromatic N) is 1. The van der Waals surface area contributed by atoms with E-state index in [1.807, 2.05) is 22.6 Å². The summed E-state index contributed by atoms with van der Waals surface area (Å²) < 4.78 is 62.9. The first-order chi connectivity index (χ1) is 16.0. The highest BCUT2D eigenvalue weighted by Gasteiger charge is 2.21. The fraction of sp³-hybridized carbons (Fsp3) is 0.136. The molecule has 0 spiro atoms. The number of benzene rings is 3. The largest absolute Gasteiger partial charge is 0.456 e. The van der Waals surface area contributed by atoms with Gasteiger partial charge in [0, 0.05) is 36.8 Å². The number of anilines is 3. The van der Waals surface area contributed by atoms with E-state index in [2.05, 4.69) is 15.4 Å². The van der Waals surface area contributed by atoms with Gasteiger partial charge in [-0.2, -0.15) is 12.7 Å². The maximum absolute atomic E-state index is 14.5. The van der Waals surface area contributed by atoms with Gasteiger partial charge in [0.2, 0.25) is 0 Å². The summed E-state index contributed by atoms with van der Waals surface area (Å²) in [5, 5.41) is 5.21. The van der Waals surface area contributed by atoms with Crippen LogP contribution in [0.25, 0.3) is 0 Å². The van der Waals surface area contributed by atoms with Crippen LogP contribution >= 0.6 is 22.6 Å². The molecule has 0 aliphatic rings. The van der Waals surface area contributed by atoms with Crippen molar-refractivity contribution in [3.05, 3.63) is 75.4 Å². The zero-order valence-corrected chi connectivity index (χ0v) is 21.3. The van der Waals surface area contributed by atoms with Crippen molar-refractivity contribution in [2.45, 2.75) is 0 Å². The van der Waals surface area contributed by atoms with E-state index in [0.29, 0.717) is 3.57 Å². The molecule has 0 saturated carbocycles. The van der Waals surface area contributed by atoms with Crippen LogP contribution < -0.4 is 20.1 Å². The number of nitrogens with one attached hydrogen (secondary N) is 3. The Hall–Kier alpha value is -2.97. The molecule has 0 unspecified atom stereocenters. The predicted octanol–water partition coefficient (Wildman–Crippen LogP) is 4.68. The number of halogens is 3. The Labute approximate surface area is 209 Å². The Kier molecular flexibility index (Phi) is 7.94. The molecule has 0 saturated heterocycles. The number of carbonyl (C=O) groups is 1. The average molecular weight is 602 g/mol. The van der Waals surface area contributed by atoms with E-state index in [4.69, 9.17) is 4.74 Å². The molecule has 12 heteroatoms. The van der Waals surface area contributed by atoms with Gasteiger partial charge in [0.1, 0.15) is 28.7 Å². The van der Waals surface area contributed by atoms with Gasteiger partial charge in [-0.05, 0) is 59.0 Å². The van der Waals surface area contributed by atoms with Crippen LogP contribution in [0.5, 0.6) is 11.5 Å². The smallest absolute Gasteiger partial charge is 0.301 e. The van der Waals surface area contributed by atoms with Crippen LogP contribution in [0.4, 0.5) is 25.8 Å². The summed E-state index contributed by atoms with van der Waals surface area (Å²) in [6.07, 6.45) is 0. The second kappa shape index (κ2) is 10.5. The van der Waals surface area contributed by atoms with E-state index in [-0.39, 0.29) is 34.1 Å². The van der Waals surface area contributed by atoms with Gasteiger partial charge >= 0.3 is 10.2 Å². The molecule has 0 heterocycles. The van der Waals surface area contributed by atoms with Gasteiger partial charge in [-0.1, -0.05) is 6.07 Å². The molecule has 180 valence electrons. The van der Waals surface area contributed by atoms with Crippen molar-refractivity contribution in [1.82, 2.24) is 9.62 Å². The van der Waals surface area contributed by atoms with Crippen LogP contribution in [0.15, 0.2) is 54.6 Å². The van der Waals surface area contributed by atoms with E-state index in [0.717, 1.165) is 16.4 Å². The molecule has 3 aromatic carbocycles. The van der Waals surface area contributed by atoms with E-state index < -0.39 is 27.8 Å². The molecule has 0 radical (unpaired) electrons. The third-order valence-corrected chi connectivity index (χ3v) is 6.64. The van der Waals surface area contributed by atoms with Gasteiger partial charge in [-0.3, -0.25) is 9.52 Å². The van der Waals surface area contributed by atoms with Crippen molar-refractivity contribution in [3.8, 4) is 11.5 Å². The lowest BCUT2D eigenvalue weighted by molar-refractivity contribution is 0.0961. The second-order valence-electron chi connectivity index (χ2n) is 7.17. The summed E-state index contributed by atoms with van der Waals surface area (Å²) in [6.45, 7) is 0. The van der Waals surface area contributed by atoms with Gasteiger partial charge in [0.05, 0.1) is 17.1 Å². The van der Waals surface area contributed by atoms with Gasteiger partial charge in [0.15, 0.2) is 0 Å².